The molecule has 0 aromatic carbocycles. The number of hydrogen-bond acceptors (Lipinski definition) is 2. The van der Waals surface area contributed by atoms with Crippen molar-refractivity contribution in [3.8, 4) is 0 Å². The van der Waals surface area contributed by atoms with Crippen LogP contribution in [0, 0.1) is 0 Å². The van der Waals surface area contributed by atoms with Crippen LogP contribution in [0.5, 0.6) is 0 Å². The molecule has 0 aliphatic heterocycles. The van der Waals surface area contributed by atoms with Gasteiger partial charge in [-0.05, 0) is 0 Å². The van der Waals surface area contributed by atoms with Gasteiger partial charge in [-0.1, -0.05) is 0 Å². The Kier molecular flexibility index (Phi) is 0.704. The summed E-state index contributed by atoms with van der Waals surface area (Å²) in [6, 6.07) is 1.89. The SMILES string of the molecule is Cn1cnc2occc21. The Hall–Kier alpha value is -1.25. The molecule has 2 rings (SSSR count). The molecule has 0 atom stereocenters. The van der Waals surface area contributed by atoms with Crippen molar-refractivity contribution < 1.29 is 4.42 Å². The summed E-state index contributed by atoms with van der Waals surface area (Å²) in [5.74, 6) is 0. The second kappa shape index (κ2) is 1.37. The molecule has 0 amide bonds. The van der Waals surface area contributed by atoms with Gasteiger partial charge in [0.15, 0.2) is 0 Å². The molecule has 0 aliphatic rings. The molecule has 3 nitrogen and oxygen atoms in total. The number of aryl methyl sites for hydroxylation is 1. The van der Waals surface area contributed by atoms with E-state index in [1.54, 1.807) is 12.6 Å². The Morgan fingerprint density at radius 3 is 3.33 bits per heavy atom. The second-order valence-electron chi connectivity index (χ2n) is 1.97. The van der Waals surface area contributed by atoms with E-state index < -0.39 is 0 Å². The number of rotatable bonds is 0. The summed E-state index contributed by atoms with van der Waals surface area (Å²) < 4.78 is 6.92. The van der Waals surface area contributed by atoms with E-state index in [0.29, 0.717) is 5.71 Å². The van der Waals surface area contributed by atoms with Gasteiger partial charge in [0.25, 0.3) is 0 Å². The van der Waals surface area contributed by atoms with Gasteiger partial charge in [0.05, 0.1) is 12.6 Å². The summed E-state index contributed by atoms with van der Waals surface area (Å²) in [6.45, 7) is 0. The first kappa shape index (κ1) is 4.61. The molecule has 0 spiro atoms. The Balaban J connectivity index is 2.99. The van der Waals surface area contributed by atoms with Gasteiger partial charge in [0.2, 0.25) is 5.71 Å². The molecule has 2 aromatic heterocycles. The predicted molar refractivity (Wildman–Crippen MR) is 33.0 cm³/mol. The third kappa shape index (κ3) is 0.483. The van der Waals surface area contributed by atoms with Gasteiger partial charge in [-0.15, -0.1) is 0 Å². The minimum atomic E-state index is 0.706. The van der Waals surface area contributed by atoms with E-state index in [0.717, 1.165) is 5.52 Å². The highest BCUT2D eigenvalue weighted by atomic mass is 16.3. The minimum Gasteiger partial charge on any atom is -0.445 e. The number of fused-ring (bicyclic) bond motifs is 1. The van der Waals surface area contributed by atoms with Crippen molar-refractivity contribution in [2.24, 2.45) is 7.05 Å². The van der Waals surface area contributed by atoms with Crippen LogP contribution in [-0.2, 0) is 7.05 Å². The number of hydrogen-bond donors (Lipinski definition) is 0. The highest BCUT2D eigenvalue weighted by molar-refractivity contribution is 5.68. The summed E-state index contributed by atoms with van der Waals surface area (Å²) in [7, 11) is 1.94. The third-order valence-electron chi connectivity index (χ3n) is 1.35. The standard InChI is InChI=1S/C6H6N2O/c1-8-4-7-6-5(8)2-3-9-6/h2-4H,1H3. The molecular formula is C6H6N2O. The molecule has 3 heteroatoms. The molecule has 0 aliphatic carbocycles. The fourth-order valence-electron chi connectivity index (χ4n) is 0.861. The van der Waals surface area contributed by atoms with Gasteiger partial charge in [0.1, 0.15) is 5.52 Å². The van der Waals surface area contributed by atoms with Gasteiger partial charge in [-0.2, -0.15) is 0 Å². The molecule has 0 unspecified atom stereocenters. The van der Waals surface area contributed by atoms with Crippen molar-refractivity contribution in [1.29, 1.82) is 0 Å². The topological polar surface area (TPSA) is 31.0 Å². The largest absolute Gasteiger partial charge is 0.445 e. The fourth-order valence-corrected chi connectivity index (χ4v) is 0.861. The van der Waals surface area contributed by atoms with E-state index in [-0.39, 0.29) is 0 Å². The van der Waals surface area contributed by atoms with Crippen molar-refractivity contribution in [3.63, 3.8) is 0 Å². The molecule has 2 heterocycles. The van der Waals surface area contributed by atoms with E-state index in [1.807, 2.05) is 17.7 Å². The number of furan rings is 1. The van der Waals surface area contributed by atoms with Crippen LogP contribution in [0.3, 0.4) is 0 Å². The second-order valence-corrected chi connectivity index (χ2v) is 1.97. The number of imidazole rings is 1. The van der Waals surface area contributed by atoms with Gasteiger partial charge in [0, 0.05) is 13.1 Å². The number of aromatic nitrogens is 2. The van der Waals surface area contributed by atoms with Crippen LogP contribution in [-0.4, -0.2) is 9.55 Å². The zero-order valence-corrected chi connectivity index (χ0v) is 5.03. The van der Waals surface area contributed by atoms with E-state index in [2.05, 4.69) is 4.98 Å². The minimum absolute atomic E-state index is 0.706. The summed E-state index contributed by atoms with van der Waals surface area (Å²) in [5.41, 5.74) is 1.74. The van der Waals surface area contributed by atoms with E-state index in [4.69, 9.17) is 4.42 Å². The predicted octanol–water partition coefficient (Wildman–Crippen LogP) is 1.17. The summed E-state index contributed by atoms with van der Waals surface area (Å²) in [6.07, 6.45) is 3.37. The van der Waals surface area contributed by atoms with Crippen molar-refractivity contribution >= 4 is 11.2 Å². The average Bonchev–Trinajstić information content (AvgIpc) is 2.35. The van der Waals surface area contributed by atoms with E-state index in [9.17, 15) is 0 Å². The molecule has 2 aromatic rings. The highest BCUT2D eigenvalue weighted by Gasteiger charge is 1.98. The fraction of sp³-hybridized carbons (Fsp3) is 0.167. The van der Waals surface area contributed by atoms with Crippen LogP contribution < -0.4 is 0 Å². The molecule has 0 bridgehead atoms. The van der Waals surface area contributed by atoms with Gasteiger partial charge in [-0.3, -0.25) is 0 Å². The normalized spacial score (nSPS) is 10.8. The van der Waals surface area contributed by atoms with Crippen LogP contribution in [0.2, 0.25) is 0 Å². The molecule has 0 saturated carbocycles. The van der Waals surface area contributed by atoms with Gasteiger partial charge in [-0.25, -0.2) is 4.98 Å². The van der Waals surface area contributed by atoms with Crippen LogP contribution in [0.1, 0.15) is 0 Å². The highest BCUT2D eigenvalue weighted by Crippen LogP contribution is 2.10. The average molecular weight is 122 g/mol. The Morgan fingerprint density at radius 1 is 1.67 bits per heavy atom. The lowest BCUT2D eigenvalue weighted by atomic mass is 10.6. The molecule has 0 fully saturated rings. The molecule has 0 N–H and O–H groups in total. The zero-order chi connectivity index (χ0) is 6.27. The van der Waals surface area contributed by atoms with Crippen molar-refractivity contribution in [2.75, 3.05) is 0 Å². The van der Waals surface area contributed by atoms with Crippen LogP contribution in [0.4, 0.5) is 0 Å². The molecule has 46 valence electrons. The van der Waals surface area contributed by atoms with Crippen LogP contribution in [0.25, 0.3) is 11.2 Å². The van der Waals surface area contributed by atoms with Gasteiger partial charge >= 0.3 is 0 Å². The van der Waals surface area contributed by atoms with Crippen LogP contribution in [0.15, 0.2) is 23.1 Å². The zero-order valence-electron chi connectivity index (χ0n) is 5.03. The van der Waals surface area contributed by atoms with Gasteiger partial charge < -0.3 is 8.98 Å². The van der Waals surface area contributed by atoms with E-state index in [1.165, 1.54) is 0 Å². The lowest BCUT2D eigenvalue weighted by Gasteiger charge is -1.82. The maximum atomic E-state index is 5.01. The molecule has 0 radical (unpaired) electrons. The lowest BCUT2D eigenvalue weighted by Crippen LogP contribution is -1.79. The maximum Gasteiger partial charge on any atom is 0.244 e. The summed E-state index contributed by atoms with van der Waals surface area (Å²) in [5, 5.41) is 0. The van der Waals surface area contributed by atoms with Crippen LogP contribution >= 0.6 is 0 Å². The first-order valence-corrected chi connectivity index (χ1v) is 2.72. The van der Waals surface area contributed by atoms with E-state index >= 15 is 0 Å². The molecule has 0 saturated heterocycles. The first-order valence-electron chi connectivity index (χ1n) is 2.72. The summed E-state index contributed by atoms with van der Waals surface area (Å²) in [4.78, 5) is 3.97. The number of nitrogens with zero attached hydrogens (tertiary/aromatic N) is 2. The quantitative estimate of drug-likeness (QED) is 0.525. The monoisotopic (exact) mass is 122 g/mol. The third-order valence-corrected chi connectivity index (χ3v) is 1.35. The Labute approximate surface area is 51.9 Å². The molecule has 9 heavy (non-hydrogen) atoms. The van der Waals surface area contributed by atoms with Crippen molar-refractivity contribution in [2.45, 2.75) is 0 Å². The van der Waals surface area contributed by atoms with Crippen molar-refractivity contribution in [3.05, 3.63) is 18.7 Å². The lowest BCUT2D eigenvalue weighted by molar-refractivity contribution is 0.604. The summed E-state index contributed by atoms with van der Waals surface area (Å²) >= 11 is 0. The maximum absolute atomic E-state index is 5.01. The molecular weight excluding hydrogens is 116 g/mol. The Bertz CT molecular complexity index is 320. The Morgan fingerprint density at radius 2 is 2.56 bits per heavy atom. The van der Waals surface area contributed by atoms with Crippen molar-refractivity contribution in [1.82, 2.24) is 9.55 Å². The smallest absolute Gasteiger partial charge is 0.244 e. The first-order chi connectivity index (χ1) is 4.38.